The maximum atomic E-state index is 12.1. The molecule has 8 heterocycles. The van der Waals surface area contributed by atoms with Crippen molar-refractivity contribution in [2.45, 2.75) is 375 Å². The fraction of sp³-hybridized carbons (Fsp3) is 0.837. The minimum Gasteiger partial charge on any atom is -0.491 e. The highest BCUT2D eigenvalue weighted by molar-refractivity contribution is 5.77. The van der Waals surface area contributed by atoms with Crippen LogP contribution in [-0.2, 0) is 29.8 Å². The number of piperazine rings is 2. The van der Waals surface area contributed by atoms with Crippen molar-refractivity contribution in [2.24, 2.45) is 16.2 Å². The Bertz CT molecular complexity index is 3220. The molecule has 1 aliphatic carbocycles. The van der Waals surface area contributed by atoms with E-state index in [4.69, 9.17) is 23.7 Å². The topological polar surface area (TPSA) is 173 Å². The molecule has 0 atom stereocenters. The standard InChI is InChI=1S/C17H29N3O.C17H28N2O.C16H27N3.C16H32N2O2.C16H34N2O.C15H32N2O.CH4/c1-16(2,3)12-21-14-7-8-15(18-9-14)20-10-13(11-20)19-17(4,5)6;1-16(2,3)15-11-13(7-8-18-15)20-14-9-12(10-14)19-17(4,5)6;1-15(2,3)12-7-8-17-14(9-12)19-10-13(11-19)18-16(4,5)6;1-15(2,3)7-12-20-13-14(19)17-8-10-18(11-9-17)16(4,5)6;1-15(2,3)7-13-19-14-12-17-8-10-18(11-9-17)16(4,5)6;1-14(2,3)16-13-7-9-17(10-8-13)11-12-18-15(4,5)6;/h7-9,13,19H,10-12H2,1-6H3;7-8,11-12,14,19H,9-10H2,1-6H3;7-9,13,18H,10-11H2,1-6H3;7-13H2,1-6H3;7-14H2,1-6H3;13,16H,7-12H2,1-6H3;1H4. The number of rotatable bonds is 22. The zero-order valence-electron chi connectivity index (χ0n) is 82.3. The van der Waals surface area contributed by atoms with Crippen LogP contribution in [0.2, 0.25) is 0 Å². The van der Waals surface area contributed by atoms with E-state index >= 15 is 0 Å². The summed E-state index contributed by atoms with van der Waals surface area (Å²) in [6, 6.07) is 14.9. The fourth-order valence-electron chi connectivity index (χ4n) is 14.2. The van der Waals surface area contributed by atoms with Gasteiger partial charge in [0.1, 0.15) is 35.8 Å². The average molecular weight is 1660 g/mol. The second kappa shape index (κ2) is 46.6. The maximum Gasteiger partial charge on any atom is 0.248 e. The Morgan fingerprint density at radius 3 is 1.32 bits per heavy atom. The molecule has 0 radical (unpaired) electrons. The first-order chi connectivity index (χ1) is 53.3. The third-order valence-electron chi connectivity index (χ3n) is 21.1. The second-order valence-corrected chi connectivity index (χ2v) is 47.1. The van der Waals surface area contributed by atoms with Gasteiger partial charge < -0.3 is 64.6 Å². The van der Waals surface area contributed by atoms with Gasteiger partial charge in [0.05, 0.1) is 31.6 Å². The Morgan fingerprint density at radius 2 is 0.881 bits per heavy atom. The van der Waals surface area contributed by atoms with Gasteiger partial charge >= 0.3 is 0 Å². The van der Waals surface area contributed by atoms with Crippen molar-refractivity contribution in [3.8, 4) is 11.5 Å². The van der Waals surface area contributed by atoms with Crippen molar-refractivity contribution < 1.29 is 28.5 Å². The third-order valence-corrected chi connectivity index (χ3v) is 21.1. The van der Waals surface area contributed by atoms with Crippen molar-refractivity contribution in [1.82, 2.24) is 60.7 Å². The molecule has 684 valence electrons. The number of nitrogens with one attached hydrogen (secondary N) is 4. The molecular weight excluding hydrogens is 1470 g/mol. The summed E-state index contributed by atoms with van der Waals surface area (Å²) in [7, 11) is 0. The summed E-state index contributed by atoms with van der Waals surface area (Å²) < 4.78 is 28.8. The molecule has 1 amide bonds. The smallest absolute Gasteiger partial charge is 0.248 e. The molecule has 5 saturated heterocycles. The highest BCUT2D eigenvalue weighted by atomic mass is 16.5. The molecule has 0 unspecified atom stereocenters. The van der Waals surface area contributed by atoms with Gasteiger partial charge in [-0.05, 0) is 255 Å². The summed E-state index contributed by atoms with van der Waals surface area (Å²) in [5, 5.41) is 14.6. The van der Waals surface area contributed by atoms with Crippen molar-refractivity contribution >= 4 is 17.5 Å². The predicted octanol–water partition coefficient (Wildman–Crippen LogP) is 18.2. The van der Waals surface area contributed by atoms with Gasteiger partial charge in [0, 0.05) is 192 Å². The zero-order valence-corrected chi connectivity index (χ0v) is 82.3. The van der Waals surface area contributed by atoms with Crippen LogP contribution in [0.25, 0.3) is 0 Å². The molecule has 118 heavy (non-hydrogen) atoms. The number of pyridine rings is 3. The van der Waals surface area contributed by atoms with Crippen LogP contribution in [0.1, 0.15) is 306 Å². The minimum atomic E-state index is -0.00782. The number of aromatic nitrogens is 3. The van der Waals surface area contributed by atoms with Gasteiger partial charge in [-0.2, -0.15) is 0 Å². The zero-order chi connectivity index (χ0) is 88.6. The highest BCUT2D eigenvalue weighted by Crippen LogP contribution is 2.32. The number of hydrogen-bond acceptors (Lipinski definition) is 19. The van der Waals surface area contributed by atoms with Crippen molar-refractivity contribution in [3.05, 3.63) is 66.2 Å². The van der Waals surface area contributed by atoms with Gasteiger partial charge in [-0.3, -0.25) is 24.5 Å². The first-order valence-electron chi connectivity index (χ1n) is 45.2. The van der Waals surface area contributed by atoms with Gasteiger partial charge in [-0.15, -0.1) is 0 Å². The molecule has 5 aliphatic heterocycles. The molecule has 0 spiro atoms. The van der Waals surface area contributed by atoms with Gasteiger partial charge in [-0.25, -0.2) is 9.97 Å². The van der Waals surface area contributed by atoms with Crippen LogP contribution in [-0.4, -0.2) is 259 Å². The summed E-state index contributed by atoms with van der Waals surface area (Å²) >= 11 is 0. The number of hydrogen-bond donors (Lipinski definition) is 4. The van der Waals surface area contributed by atoms with E-state index in [2.05, 4.69) is 333 Å². The van der Waals surface area contributed by atoms with E-state index in [1.54, 1.807) is 0 Å². The molecule has 3 aromatic heterocycles. The van der Waals surface area contributed by atoms with E-state index in [9.17, 15) is 4.79 Å². The Hall–Kier alpha value is -4.32. The number of ether oxygens (including phenoxy) is 5. The van der Waals surface area contributed by atoms with Crippen molar-refractivity contribution in [3.63, 3.8) is 0 Å². The number of anilines is 2. The lowest BCUT2D eigenvalue weighted by molar-refractivity contribution is -0.138. The average Bonchev–Trinajstić information content (AvgIpc) is 0.809. The van der Waals surface area contributed by atoms with Crippen LogP contribution in [0.5, 0.6) is 11.5 Å². The molecule has 6 fully saturated rings. The van der Waals surface area contributed by atoms with Crippen LogP contribution in [0.3, 0.4) is 0 Å². The van der Waals surface area contributed by atoms with Crippen LogP contribution < -0.4 is 40.5 Å². The van der Waals surface area contributed by atoms with E-state index in [0.717, 1.165) is 140 Å². The first kappa shape index (κ1) is 108. The predicted molar refractivity (Wildman–Crippen MR) is 503 cm³/mol. The molecule has 0 aromatic carbocycles. The monoisotopic (exact) mass is 1660 g/mol. The number of carbonyl (C=O) groups is 1. The number of amides is 1. The van der Waals surface area contributed by atoms with Crippen LogP contribution in [0, 0.1) is 16.2 Å². The summed E-state index contributed by atoms with van der Waals surface area (Å²) in [5.41, 5.74) is 4.80. The first-order valence-corrected chi connectivity index (χ1v) is 45.2. The SMILES string of the molecule is C.CC(C)(C)CCOCC(=O)N1CCN(C(C)(C)C)CC1.CC(C)(C)CCOCCN1CCN(C(C)(C)C)CC1.CC(C)(C)COc1ccc(N2CC(NC(C)(C)C)C2)nc1.CC(C)(C)NC1CC(Oc2ccnc(C(C)(C)C)c2)C1.CC(C)(C)NC1CCN(CCOC(C)(C)C)CC1.CC(C)(C)NC1CN(c2cc(C(C)(C)C)ccn2)C1. The summed E-state index contributed by atoms with van der Waals surface area (Å²) in [6.07, 6.45) is 12.8. The van der Waals surface area contributed by atoms with Crippen LogP contribution in [0.15, 0.2) is 55.0 Å². The van der Waals surface area contributed by atoms with Gasteiger partial charge in [0.2, 0.25) is 5.91 Å². The molecule has 20 nitrogen and oxygen atoms in total. The lowest BCUT2D eigenvalue weighted by Crippen LogP contribution is -2.62. The third kappa shape index (κ3) is 47.5. The maximum absolute atomic E-state index is 12.1. The lowest BCUT2D eigenvalue weighted by atomic mass is 9.87. The van der Waals surface area contributed by atoms with E-state index in [-0.39, 0.29) is 74.9 Å². The van der Waals surface area contributed by atoms with Gasteiger partial charge in [0.15, 0.2) is 0 Å². The lowest BCUT2D eigenvalue weighted by Gasteiger charge is -2.44. The quantitative estimate of drug-likeness (QED) is 0.0699. The fourth-order valence-corrected chi connectivity index (χ4v) is 14.2. The number of carbonyl (C=O) groups excluding carboxylic acids is 1. The molecule has 9 rings (SSSR count). The van der Waals surface area contributed by atoms with Gasteiger partial charge in [0.25, 0.3) is 0 Å². The van der Waals surface area contributed by atoms with Gasteiger partial charge in [-0.1, -0.05) is 111 Å². The summed E-state index contributed by atoms with van der Waals surface area (Å²) in [6.45, 7) is 101. The second-order valence-electron chi connectivity index (χ2n) is 47.1. The molecule has 4 N–H and O–H groups in total. The molecular formula is C98H186N14O6. The molecule has 6 aliphatic rings. The highest BCUT2D eigenvalue weighted by Gasteiger charge is 2.36. The number of likely N-dealkylation sites (tertiary alicyclic amines) is 1. The Labute approximate surface area is 726 Å². The normalized spacial score (nSPS) is 19.2. The molecule has 3 aromatic rings. The molecule has 1 saturated carbocycles. The van der Waals surface area contributed by atoms with E-state index in [1.165, 1.54) is 57.7 Å². The number of nitrogens with zero attached hydrogens (tertiary/aromatic N) is 10. The molecule has 0 bridgehead atoms. The van der Waals surface area contributed by atoms with E-state index in [0.29, 0.717) is 54.4 Å². The number of piperidine rings is 1. The Morgan fingerprint density at radius 1 is 0.432 bits per heavy atom. The summed E-state index contributed by atoms with van der Waals surface area (Å²) in [4.78, 5) is 42.1. The van der Waals surface area contributed by atoms with Crippen molar-refractivity contribution in [1.29, 1.82) is 0 Å². The van der Waals surface area contributed by atoms with Crippen LogP contribution in [0.4, 0.5) is 11.6 Å². The van der Waals surface area contributed by atoms with E-state index < -0.39 is 0 Å². The minimum absolute atomic E-state index is 0. The summed E-state index contributed by atoms with van der Waals surface area (Å²) in [5.74, 6) is 4.07. The van der Waals surface area contributed by atoms with Crippen molar-refractivity contribution in [2.75, 3.05) is 154 Å². The largest absolute Gasteiger partial charge is 0.491 e. The molecule has 20 heteroatoms. The van der Waals surface area contributed by atoms with Crippen LogP contribution >= 0.6 is 0 Å². The van der Waals surface area contributed by atoms with E-state index in [1.807, 2.05) is 41.7 Å². The Balaban J connectivity index is 0.000000366. The Kier molecular flexibility index (Phi) is 42.6.